The van der Waals surface area contributed by atoms with E-state index in [2.05, 4.69) is 40.6 Å². The van der Waals surface area contributed by atoms with Crippen molar-refractivity contribution in [3.05, 3.63) is 5.69 Å². The lowest BCUT2D eigenvalue weighted by Crippen LogP contribution is -2.36. The monoisotopic (exact) mass is 282 g/mol. The summed E-state index contributed by atoms with van der Waals surface area (Å²) in [6.07, 6.45) is 5.46. The molecule has 1 aromatic heterocycles. The highest BCUT2D eigenvalue weighted by molar-refractivity contribution is 7.10. The smallest absolute Gasteiger partial charge is 0.134 e. The molecule has 108 valence electrons. The molecule has 2 rings (SSSR count). The van der Waals surface area contributed by atoms with Crippen molar-refractivity contribution in [1.29, 1.82) is 0 Å². The SMILES string of the molecule is CCNc1snnc1CN(CC(C)C)C1CCCC1. The second-order valence-electron chi connectivity index (χ2n) is 5.84. The molecule has 1 heterocycles. The van der Waals surface area contributed by atoms with Crippen LogP contribution in [0.1, 0.15) is 52.1 Å². The fourth-order valence-corrected chi connectivity index (χ4v) is 3.52. The molecule has 0 radical (unpaired) electrons. The van der Waals surface area contributed by atoms with Crippen molar-refractivity contribution in [2.75, 3.05) is 18.4 Å². The van der Waals surface area contributed by atoms with Crippen LogP contribution in [-0.2, 0) is 6.54 Å². The van der Waals surface area contributed by atoms with Crippen LogP contribution >= 0.6 is 11.5 Å². The van der Waals surface area contributed by atoms with Crippen LogP contribution < -0.4 is 5.32 Å². The van der Waals surface area contributed by atoms with E-state index in [4.69, 9.17) is 0 Å². The standard InChI is InChI=1S/C14H26N4S/c1-4-15-14-13(16-17-19-14)10-18(9-11(2)3)12-7-5-6-8-12/h11-12,15H,4-10H2,1-3H3. The Morgan fingerprint density at radius 2 is 2.11 bits per heavy atom. The van der Waals surface area contributed by atoms with E-state index < -0.39 is 0 Å². The molecule has 5 heteroatoms. The van der Waals surface area contributed by atoms with Gasteiger partial charge in [0, 0.05) is 37.2 Å². The first-order valence-corrected chi connectivity index (χ1v) is 8.27. The number of nitrogens with one attached hydrogen (secondary N) is 1. The Balaban J connectivity index is 2.03. The molecular formula is C14H26N4S. The molecule has 0 saturated heterocycles. The van der Waals surface area contributed by atoms with Crippen molar-refractivity contribution in [2.24, 2.45) is 5.92 Å². The van der Waals surface area contributed by atoms with Gasteiger partial charge in [0.1, 0.15) is 10.7 Å². The predicted octanol–water partition coefficient (Wildman–Crippen LogP) is 3.37. The zero-order valence-electron chi connectivity index (χ0n) is 12.4. The summed E-state index contributed by atoms with van der Waals surface area (Å²) in [6, 6.07) is 0.749. The summed E-state index contributed by atoms with van der Waals surface area (Å²) in [4.78, 5) is 2.62. The lowest BCUT2D eigenvalue weighted by molar-refractivity contribution is 0.167. The minimum atomic E-state index is 0.703. The van der Waals surface area contributed by atoms with Gasteiger partial charge in [-0.15, -0.1) is 5.10 Å². The zero-order valence-corrected chi connectivity index (χ0v) is 13.2. The van der Waals surface area contributed by atoms with Gasteiger partial charge in [0.25, 0.3) is 0 Å². The number of hydrogen-bond acceptors (Lipinski definition) is 5. The van der Waals surface area contributed by atoms with Crippen molar-refractivity contribution >= 4 is 16.5 Å². The minimum Gasteiger partial charge on any atom is -0.374 e. The number of aromatic nitrogens is 2. The molecule has 0 unspecified atom stereocenters. The summed E-state index contributed by atoms with van der Waals surface area (Å²) < 4.78 is 4.10. The molecule has 1 aliphatic rings. The summed E-state index contributed by atoms with van der Waals surface area (Å²) in [6.45, 7) is 9.76. The van der Waals surface area contributed by atoms with Gasteiger partial charge in [-0.25, -0.2) is 0 Å². The maximum Gasteiger partial charge on any atom is 0.134 e. The molecule has 1 aliphatic carbocycles. The van der Waals surface area contributed by atoms with E-state index in [-0.39, 0.29) is 0 Å². The molecule has 0 aliphatic heterocycles. The number of anilines is 1. The van der Waals surface area contributed by atoms with E-state index in [0.717, 1.165) is 36.4 Å². The summed E-state index contributed by atoms with van der Waals surface area (Å²) in [7, 11) is 0. The third kappa shape index (κ3) is 4.14. The molecule has 4 nitrogen and oxygen atoms in total. The molecular weight excluding hydrogens is 256 g/mol. The average Bonchev–Trinajstić information content (AvgIpc) is 3.00. The highest BCUT2D eigenvalue weighted by atomic mass is 32.1. The second-order valence-corrected chi connectivity index (χ2v) is 6.59. The topological polar surface area (TPSA) is 41.1 Å². The van der Waals surface area contributed by atoms with E-state index in [1.54, 1.807) is 0 Å². The van der Waals surface area contributed by atoms with Crippen LogP contribution in [0, 0.1) is 5.92 Å². The second kappa shape index (κ2) is 7.20. The van der Waals surface area contributed by atoms with E-state index >= 15 is 0 Å². The van der Waals surface area contributed by atoms with Crippen LogP contribution in [0.25, 0.3) is 0 Å². The van der Waals surface area contributed by atoms with Gasteiger partial charge >= 0.3 is 0 Å². The molecule has 1 fully saturated rings. The van der Waals surface area contributed by atoms with E-state index in [0.29, 0.717) is 5.92 Å². The van der Waals surface area contributed by atoms with Crippen molar-refractivity contribution in [3.8, 4) is 0 Å². The van der Waals surface area contributed by atoms with Gasteiger partial charge < -0.3 is 5.32 Å². The highest BCUT2D eigenvalue weighted by Crippen LogP contribution is 2.27. The van der Waals surface area contributed by atoms with Crippen molar-refractivity contribution in [1.82, 2.24) is 14.5 Å². The Labute approximate surface area is 120 Å². The van der Waals surface area contributed by atoms with Crippen LogP contribution in [-0.4, -0.2) is 33.6 Å². The Kier molecular flexibility index (Phi) is 5.58. The van der Waals surface area contributed by atoms with Gasteiger partial charge in [-0.3, -0.25) is 4.90 Å². The number of nitrogens with zero attached hydrogens (tertiary/aromatic N) is 3. The van der Waals surface area contributed by atoms with Crippen molar-refractivity contribution in [2.45, 2.75) is 59.0 Å². The lowest BCUT2D eigenvalue weighted by atomic mass is 10.1. The summed E-state index contributed by atoms with van der Waals surface area (Å²) in [5.74, 6) is 0.703. The van der Waals surface area contributed by atoms with Gasteiger partial charge in [0.2, 0.25) is 0 Å². The van der Waals surface area contributed by atoms with Gasteiger partial charge in [0.15, 0.2) is 0 Å². The molecule has 0 aromatic carbocycles. The van der Waals surface area contributed by atoms with E-state index in [1.807, 2.05) is 0 Å². The predicted molar refractivity (Wildman–Crippen MR) is 81.6 cm³/mol. The normalized spacial score (nSPS) is 16.7. The Morgan fingerprint density at radius 3 is 2.74 bits per heavy atom. The summed E-state index contributed by atoms with van der Waals surface area (Å²) >= 11 is 1.48. The van der Waals surface area contributed by atoms with Gasteiger partial charge in [-0.1, -0.05) is 31.2 Å². The Morgan fingerprint density at radius 1 is 1.37 bits per heavy atom. The van der Waals surface area contributed by atoms with Crippen LogP contribution in [0.4, 0.5) is 5.00 Å². The molecule has 1 aromatic rings. The van der Waals surface area contributed by atoms with Crippen LogP contribution in [0.5, 0.6) is 0 Å². The Hall–Kier alpha value is -0.680. The summed E-state index contributed by atoms with van der Waals surface area (Å²) in [5, 5.41) is 8.84. The first kappa shape index (κ1) is 14.7. The number of hydrogen-bond donors (Lipinski definition) is 1. The lowest BCUT2D eigenvalue weighted by Gasteiger charge is -2.29. The van der Waals surface area contributed by atoms with Gasteiger partial charge in [0.05, 0.1) is 0 Å². The molecule has 0 amide bonds. The largest absolute Gasteiger partial charge is 0.374 e. The van der Waals surface area contributed by atoms with Crippen molar-refractivity contribution < 1.29 is 0 Å². The Bertz CT molecular complexity index is 371. The summed E-state index contributed by atoms with van der Waals surface area (Å²) in [5.41, 5.74) is 1.12. The fourth-order valence-electron chi connectivity index (χ4n) is 2.88. The molecule has 1 N–H and O–H groups in total. The van der Waals surface area contributed by atoms with Gasteiger partial charge in [-0.05, 0) is 25.7 Å². The van der Waals surface area contributed by atoms with Crippen LogP contribution in [0.3, 0.4) is 0 Å². The average molecular weight is 282 g/mol. The van der Waals surface area contributed by atoms with Crippen LogP contribution in [0.2, 0.25) is 0 Å². The first-order valence-electron chi connectivity index (χ1n) is 7.49. The molecule has 1 saturated carbocycles. The minimum absolute atomic E-state index is 0.703. The third-order valence-electron chi connectivity index (χ3n) is 3.69. The quantitative estimate of drug-likeness (QED) is 0.832. The molecule has 0 bridgehead atoms. The number of rotatable bonds is 7. The van der Waals surface area contributed by atoms with Crippen LogP contribution in [0.15, 0.2) is 0 Å². The van der Waals surface area contributed by atoms with E-state index in [1.165, 1.54) is 37.2 Å². The maximum absolute atomic E-state index is 4.32. The molecule has 0 atom stereocenters. The maximum atomic E-state index is 4.32. The zero-order chi connectivity index (χ0) is 13.7. The van der Waals surface area contributed by atoms with Crippen molar-refractivity contribution in [3.63, 3.8) is 0 Å². The fraction of sp³-hybridized carbons (Fsp3) is 0.857. The van der Waals surface area contributed by atoms with Gasteiger partial charge in [-0.2, -0.15) is 0 Å². The molecule has 0 spiro atoms. The van der Waals surface area contributed by atoms with E-state index in [9.17, 15) is 0 Å². The highest BCUT2D eigenvalue weighted by Gasteiger charge is 2.24. The third-order valence-corrected chi connectivity index (χ3v) is 4.41. The first-order chi connectivity index (χ1) is 9.20. The molecule has 19 heavy (non-hydrogen) atoms.